The molecule has 10 N–H and O–H groups in total. The lowest BCUT2D eigenvalue weighted by molar-refractivity contribution is -0.145. The molecule has 0 bridgehead atoms. The van der Waals surface area contributed by atoms with Gasteiger partial charge in [-0.15, -0.1) is 12.4 Å². The van der Waals surface area contributed by atoms with E-state index in [1.807, 2.05) is 20.8 Å². The number of carboxylic acids is 1. The van der Waals surface area contributed by atoms with Crippen molar-refractivity contribution in [2.45, 2.75) is 95.4 Å². The van der Waals surface area contributed by atoms with Gasteiger partial charge in [0.1, 0.15) is 18.2 Å². The lowest BCUT2D eigenvalue weighted by atomic mass is 9.98. The van der Waals surface area contributed by atoms with Crippen LogP contribution in [0.25, 0.3) is 0 Å². The van der Waals surface area contributed by atoms with Crippen LogP contribution in [0.3, 0.4) is 0 Å². The fourth-order valence-corrected chi connectivity index (χ4v) is 4.01. The van der Waals surface area contributed by atoms with E-state index >= 15 is 0 Å². The van der Waals surface area contributed by atoms with E-state index in [1.165, 1.54) is 0 Å². The number of nitrogens with one attached hydrogen (secondary N) is 3. The molecular formula is C27H45ClN4O9. The van der Waals surface area contributed by atoms with Gasteiger partial charge in [0.2, 0.25) is 11.8 Å². The van der Waals surface area contributed by atoms with Gasteiger partial charge >= 0.3 is 5.97 Å². The normalized spacial score (nSPS) is 16.2. The highest BCUT2D eigenvalue weighted by Crippen LogP contribution is 2.18. The number of carbonyl (C=O) groups excluding carboxylic acids is 3. The summed E-state index contributed by atoms with van der Waals surface area (Å²) in [5.41, 5.74) is 6.34. The smallest absolute Gasteiger partial charge is 0.305 e. The summed E-state index contributed by atoms with van der Waals surface area (Å²) in [5, 5.41) is 57.8. The van der Waals surface area contributed by atoms with E-state index in [0.29, 0.717) is 12.0 Å². The van der Waals surface area contributed by atoms with Crippen LogP contribution in [0.5, 0.6) is 0 Å². The second kappa shape index (κ2) is 19.3. The van der Waals surface area contributed by atoms with E-state index in [0.717, 1.165) is 12.8 Å². The number of amides is 3. The number of hydrogen-bond donors (Lipinski definition) is 9. The summed E-state index contributed by atoms with van der Waals surface area (Å²) in [4.78, 5) is 49.4. The third-order valence-corrected chi connectivity index (χ3v) is 6.32. The van der Waals surface area contributed by atoms with E-state index in [-0.39, 0.29) is 24.7 Å². The first-order valence-corrected chi connectivity index (χ1v) is 13.4. The number of aliphatic hydroxyl groups is 4. The van der Waals surface area contributed by atoms with Gasteiger partial charge in [0.05, 0.1) is 31.2 Å². The maximum atomic E-state index is 13.0. The molecule has 0 fully saturated rings. The molecular weight excluding hydrogens is 560 g/mol. The van der Waals surface area contributed by atoms with Gasteiger partial charge in [0, 0.05) is 0 Å². The predicted molar refractivity (Wildman–Crippen MR) is 153 cm³/mol. The minimum Gasteiger partial charge on any atom is -0.481 e. The van der Waals surface area contributed by atoms with Crippen molar-refractivity contribution in [3.8, 4) is 0 Å². The fourth-order valence-electron chi connectivity index (χ4n) is 4.01. The molecule has 3 amide bonds. The summed E-state index contributed by atoms with van der Waals surface area (Å²) in [6.45, 7) is 4.73. The highest BCUT2D eigenvalue weighted by atomic mass is 35.5. The van der Waals surface area contributed by atoms with Crippen LogP contribution in [-0.2, 0) is 19.2 Å². The van der Waals surface area contributed by atoms with Gasteiger partial charge in [-0.05, 0) is 24.3 Å². The first kappa shape index (κ1) is 38.2. The van der Waals surface area contributed by atoms with E-state index < -0.39 is 79.2 Å². The minimum absolute atomic E-state index is 0. The van der Waals surface area contributed by atoms with Crippen molar-refractivity contribution in [2.24, 2.45) is 11.7 Å². The van der Waals surface area contributed by atoms with Gasteiger partial charge in [0.25, 0.3) is 5.91 Å². The molecule has 41 heavy (non-hydrogen) atoms. The SMILES string of the molecule is CCCC[C@H](N)C(=O)N[C@@H](CC(C)C)C(=O)N[C@@H](CO)[C@@H](O)[C@@H](O)[C@H](O)C(=O)N[C@@H](CC(=O)O)c1ccccc1.Cl. The lowest BCUT2D eigenvalue weighted by Gasteiger charge is -2.31. The molecule has 1 aromatic rings. The number of hydrogen-bond acceptors (Lipinski definition) is 9. The predicted octanol–water partition coefficient (Wildman–Crippen LogP) is -0.651. The number of nitrogens with two attached hydrogens (primary N) is 1. The van der Waals surface area contributed by atoms with Crippen LogP contribution >= 0.6 is 12.4 Å². The van der Waals surface area contributed by atoms with Crippen LogP contribution in [0.15, 0.2) is 30.3 Å². The summed E-state index contributed by atoms with van der Waals surface area (Å²) in [7, 11) is 0. The number of aliphatic hydroxyl groups excluding tert-OH is 4. The highest BCUT2D eigenvalue weighted by Gasteiger charge is 2.37. The standard InChI is InChI=1S/C27H44N4O9.ClH/c1-4-5-11-17(28)25(38)30-19(12-15(2)3)26(39)31-20(14-32)22(35)23(36)24(37)27(40)29-18(13-21(33)34)16-9-7-6-8-10-16;/h6-10,15,17-20,22-24,32,35-37H,4-5,11-14,28H2,1-3H3,(H,29,40)(H,30,38)(H,31,39)(H,33,34);1H/t17-,18-,19-,20-,22+,23+,24-;/m0./s1. The Kier molecular flexibility index (Phi) is 18.0. The Labute approximate surface area is 246 Å². The third-order valence-electron chi connectivity index (χ3n) is 6.32. The Bertz CT molecular complexity index is 954. The molecule has 0 aliphatic heterocycles. The molecule has 0 aliphatic carbocycles. The largest absolute Gasteiger partial charge is 0.481 e. The van der Waals surface area contributed by atoms with Gasteiger partial charge in [0.15, 0.2) is 6.10 Å². The van der Waals surface area contributed by atoms with Gasteiger partial charge < -0.3 is 47.2 Å². The maximum absolute atomic E-state index is 13.0. The van der Waals surface area contributed by atoms with Gasteiger partial charge in [-0.3, -0.25) is 19.2 Å². The average Bonchev–Trinajstić information content (AvgIpc) is 2.92. The Balaban J connectivity index is 0.0000160. The zero-order valence-electron chi connectivity index (χ0n) is 23.6. The average molecular weight is 605 g/mol. The van der Waals surface area contributed by atoms with E-state index in [2.05, 4.69) is 16.0 Å². The van der Waals surface area contributed by atoms with Crippen LogP contribution in [0.4, 0.5) is 0 Å². The van der Waals surface area contributed by atoms with Crippen molar-refractivity contribution in [1.29, 1.82) is 0 Å². The van der Waals surface area contributed by atoms with Crippen molar-refractivity contribution in [1.82, 2.24) is 16.0 Å². The maximum Gasteiger partial charge on any atom is 0.305 e. The van der Waals surface area contributed by atoms with Crippen LogP contribution < -0.4 is 21.7 Å². The van der Waals surface area contributed by atoms with Gasteiger partial charge in [-0.25, -0.2) is 0 Å². The molecule has 0 aromatic heterocycles. The van der Waals surface area contributed by atoms with Crippen molar-refractivity contribution in [2.75, 3.05) is 6.61 Å². The van der Waals surface area contributed by atoms with Crippen molar-refractivity contribution in [3.63, 3.8) is 0 Å². The van der Waals surface area contributed by atoms with Crippen LogP contribution in [0.1, 0.15) is 64.5 Å². The topological polar surface area (TPSA) is 232 Å². The first-order chi connectivity index (χ1) is 18.8. The first-order valence-electron chi connectivity index (χ1n) is 13.4. The third kappa shape index (κ3) is 13.1. The summed E-state index contributed by atoms with van der Waals surface area (Å²) < 4.78 is 0. The number of halogens is 1. The fraction of sp³-hybridized carbons (Fsp3) is 0.630. The van der Waals surface area contributed by atoms with E-state index in [9.17, 15) is 44.7 Å². The monoisotopic (exact) mass is 604 g/mol. The Hall–Kier alpha value is -2.81. The van der Waals surface area contributed by atoms with Gasteiger partial charge in [-0.2, -0.15) is 0 Å². The number of unbranched alkanes of at least 4 members (excludes halogenated alkanes) is 1. The summed E-state index contributed by atoms with van der Waals surface area (Å²) in [6.07, 6.45) is -4.71. The molecule has 13 nitrogen and oxygen atoms in total. The molecule has 0 unspecified atom stereocenters. The quantitative estimate of drug-likeness (QED) is 0.103. The molecule has 1 aromatic carbocycles. The number of carbonyl (C=O) groups is 4. The number of carboxylic acid groups (broad SMARTS) is 1. The molecule has 0 saturated carbocycles. The molecule has 0 saturated heterocycles. The Morgan fingerprint density at radius 3 is 2.02 bits per heavy atom. The minimum atomic E-state index is -2.23. The lowest BCUT2D eigenvalue weighted by Crippen LogP contribution is -2.60. The molecule has 0 aliphatic rings. The van der Waals surface area contributed by atoms with Crippen molar-refractivity contribution in [3.05, 3.63) is 35.9 Å². The second-order valence-electron chi connectivity index (χ2n) is 10.2. The Morgan fingerprint density at radius 2 is 1.51 bits per heavy atom. The number of aliphatic carboxylic acids is 1. The van der Waals surface area contributed by atoms with E-state index in [1.54, 1.807) is 30.3 Å². The molecule has 7 atom stereocenters. The van der Waals surface area contributed by atoms with Crippen molar-refractivity contribution < 1.29 is 44.7 Å². The molecule has 234 valence electrons. The van der Waals surface area contributed by atoms with Crippen LogP contribution in [-0.4, -0.2) is 92.3 Å². The molecule has 0 spiro atoms. The van der Waals surface area contributed by atoms with Crippen LogP contribution in [0.2, 0.25) is 0 Å². The summed E-state index contributed by atoms with van der Waals surface area (Å²) >= 11 is 0. The molecule has 0 radical (unpaired) electrons. The highest BCUT2D eigenvalue weighted by molar-refractivity contribution is 5.90. The summed E-state index contributed by atoms with van der Waals surface area (Å²) in [6, 6.07) is 3.67. The zero-order valence-corrected chi connectivity index (χ0v) is 24.4. The zero-order chi connectivity index (χ0) is 30.4. The Morgan fingerprint density at radius 1 is 0.902 bits per heavy atom. The summed E-state index contributed by atoms with van der Waals surface area (Å²) in [5.74, 6) is -3.71. The second-order valence-corrected chi connectivity index (χ2v) is 10.2. The van der Waals surface area contributed by atoms with Crippen molar-refractivity contribution >= 4 is 36.1 Å². The van der Waals surface area contributed by atoms with Gasteiger partial charge in [-0.1, -0.05) is 63.9 Å². The molecule has 1 rings (SSSR count). The molecule has 0 heterocycles. The molecule has 14 heteroatoms. The van der Waals surface area contributed by atoms with Crippen LogP contribution in [0, 0.1) is 5.92 Å². The van der Waals surface area contributed by atoms with E-state index in [4.69, 9.17) is 5.73 Å². The number of rotatable bonds is 18. The number of benzene rings is 1.